The SMILES string of the molecule is CS(=O)(=O)S[Se]SS(C)(=O)=O. The maximum absolute atomic E-state index is 10.5. The van der Waals surface area contributed by atoms with E-state index < -0.39 is 30.5 Å². The molecule has 0 atom stereocenters. The van der Waals surface area contributed by atoms with Crippen molar-refractivity contribution in [3.05, 3.63) is 0 Å². The Labute approximate surface area is 77.8 Å². The molecule has 0 aromatic heterocycles. The summed E-state index contributed by atoms with van der Waals surface area (Å²) in [6, 6.07) is 0. The van der Waals surface area contributed by atoms with Crippen molar-refractivity contribution < 1.29 is 16.8 Å². The molecule has 0 rings (SSSR count). The van der Waals surface area contributed by atoms with E-state index in [1.165, 1.54) is 0 Å². The predicted molar refractivity (Wildman–Crippen MR) is 50.6 cm³/mol. The van der Waals surface area contributed by atoms with Crippen molar-refractivity contribution in [3.63, 3.8) is 0 Å². The molecular formula is C2H6O4S4Se. The zero-order valence-corrected chi connectivity index (χ0v) is 10.7. The van der Waals surface area contributed by atoms with E-state index in [1.807, 2.05) is 0 Å². The van der Waals surface area contributed by atoms with E-state index in [4.69, 9.17) is 0 Å². The molecule has 68 valence electrons. The normalized spacial score (nSPS) is 13.3. The first kappa shape index (κ1) is 12.1. The summed E-state index contributed by atoms with van der Waals surface area (Å²) < 4.78 is 42.0. The van der Waals surface area contributed by atoms with Gasteiger partial charge in [0.15, 0.2) is 0 Å². The average molecular weight is 301 g/mol. The van der Waals surface area contributed by atoms with Gasteiger partial charge in [-0.05, 0) is 0 Å². The van der Waals surface area contributed by atoms with Crippen molar-refractivity contribution >= 4 is 48.9 Å². The van der Waals surface area contributed by atoms with Crippen LogP contribution in [0.3, 0.4) is 0 Å². The average Bonchev–Trinajstić information content (AvgIpc) is 1.55. The van der Waals surface area contributed by atoms with Crippen LogP contribution >= 0.6 is 18.4 Å². The van der Waals surface area contributed by atoms with Crippen molar-refractivity contribution in [3.8, 4) is 0 Å². The maximum atomic E-state index is 10.5. The molecule has 0 aromatic carbocycles. The third-order valence-corrected chi connectivity index (χ3v) is 19.4. The minimum atomic E-state index is -3.09. The van der Waals surface area contributed by atoms with Crippen LogP contribution in [0.4, 0.5) is 0 Å². The zero-order valence-electron chi connectivity index (χ0n) is 5.67. The van der Waals surface area contributed by atoms with Gasteiger partial charge in [0, 0.05) is 0 Å². The Balaban J connectivity index is 3.79. The van der Waals surface area contributed by atoms with Crippen molar-refractivity contribution in [2.75, 3.05) is 12.5 Å². The fourth-order valence-electron chi connectivity index (χ4n) is 0.112. The Morgan fingerprint density at radius 3 is 1.36 bits per heavy atom. The molecule has 0 N–H and O–H groups in total. The van der Waals surface area contributed by atoms with Crippen molar-refractivity contribution in [2.45, 2.75) is 0 Å². The first-order valence-corrected chi connectivity index (χ1v) is 12.6. The fourth-order valence-corrected chi connectivity index (χ4v) is 18.9. The molecule has 0 aliphatic carbocycles. The van der Waals surface area contributed by atoms with Crippen LogP contribution in [0.2, 0.25) is 0 Å². The summed E-state index contributed by atoms with van der Waals surface area (Å²) in [5.74, 6) is 0. The van der Waals surface area contributed by atoms with Crippen LogP contribution in [-0.4, -0.2) is 42.1 Å². The van der Waals surface area contributed by atoms with Gasteiger partial charge in [0.25, 0.3) is 0 Å². The second kappa shape index (κ2) is 4.38. The predicted octanol–water partition coefficient (Wildman–Crippen LogP) is -0.0938. The van der Waals surface area contributed by atoms with Gasteiger partial charge in [-0.15, -0.1) is 0 Å². The Kier molecular flexibility index (Phi) is 4.83. The van der Waals surface area contributed by atoms with E-state index in [2.05, 4.69) is 0 Å². The summed E-state index contributed by atoms with van der Waals surface area (Å²) in [5, 5.41) is 0. The van der Waals surface area contributed by atoms with Crippen LogP contribution in [0.5, 0.6) is 0 Å². The molecule has 0 bridgehead atoms. The van der Waals surface area contributed by atoms with Gasteiger partial charge in [-0.3, -0.25) is 0 Å². The minimum absolute atomic E-state index is 0.499. The molecule has 0 heterocycles. The van der Waals surface area contributed by atoms with Gasteiger partial charge in [0.1, 0.15) is 0 Å². The Hall–Kier alpha value is 1.12. The monoisotopic (exact) mass is 302 g/mol. The van der Waals surface area contributed by atoms with Crippen LogP contribution in [0.1, 0.15) is 0 Å². The third kappa shape index (κ3) is 11.1. The molecular weight excluding hydrogens is 295 g/mol. The molecule has 0 amide bonds. The molecule has 0 aromatic rings. The molecule has 0 unspecified atom stereocenters. The van der Waals surface area contributed by atoms with Crippen molar-refractivity contribution in [1.82, 2.24) is 0 Å². The first-order chi connectivity index (χ1) is 4.71. The quantitative estimate of drug-likeness (QED) is 0.534. The molecule has 0 spiro atoms. The molecule has 11 heavy (non-hydrogen) atoms. The van der Waals surface area contributed by atoms with Crippen LogP contribution in [-0.2, 0) is 17.7 Å². The summed E-state index contributed by atoms with van der Waals surface area (Å²) in [4.78, 5) is 0. The Morgan fingerprint density at radius 1 is 0.909 bits per heavy atom. The molecule has 0 radical (unpaired) electrons. The first-order valence-electron chi connectivity index (χ1n) is 2.15. The van der Waals surface area contributed by atoms with Gasteiger partial charge in [-0.1, -0.05) is 0 Å². The van der Waals surface area contributed by atoms with Crippen LogP contribution in [0, 0.1) is 0 Å². The zero-order chi connectivity index (χ0) is 9.12. The number of rotatable bonds is 4. The van der Waals surface area contributed by atoms with Gasteiger partial charge in [0.05, 0.1) is 0 Å². The van der Waals surface area contributed by atoms with Gasteiger partial charge in [0.2, 0.25) is 0 Å². The van der Waals surface area contributed by atoms with Crippen LogP contribution in [0.25, 0.3) is 0 Å². The second-order valence-electron chi connectivity index (χ2n) is 1.61. The van der Waals surface area contributed by atoms with Gasteiger partial charge >= 0.3 is 78.2 Å². The van der Waals surface area contributed by atoms with E-state index in [-0.39, 0.29) is 0 Å². The van der Waals surface area contributed by atoms with E-state index >= 15 is 0 Å². The summed E-state index contributed by atoms with van der Waals surface area (Å²) >= 11 is -0.499. The van der Waals surface area contributed by atoms with E-state index in [9.17, 15) is 16.8 Å². The Morgan fingerprint density at radius 2 is 1.18 bits per heavy atom. The molecule has 0 saturated carbocycles. The van der Waals surface area contributed by atoms with E-state index in [1.54, 1.807) is 0 Å². The summed E-state index contributed by atoms with van der Waals surface area (Å²) in [6.45, 7) is 0. The molecule has 9 heteroatoms. The van der Waals surface area contributed by atoms with Crippen LogP contribution < -0.4 is 0 Å². The number of hydrogen-bond donors (Lipinski definition) is 0. The third-order valence-electron chi connectivity index (χ3n) is 0.303. The van der Waals surface area contributed by atoms with Gasteiger partial charge in [-0.25, -0.2) is 0 Å². The summed E-state index contributed by atoms with van der Waals surface area (Å²) in [5.41, 5.74) is 0. The second-order valence-corrected chi connectivity index (χ2v) is 17.4. The molecule has 0 fully saturated rings. The summed E-state index contributed by atoms with van der Waals surface area (Å²) in [6.07, 6.45) is 2.12. The van der Waals surface area contributed by atoms with Gasteiger partial charge < -0.3 is 0 Å². The number of hydrogen-bond acceptors (Lipinski definition) is 6. The van der Waals surface area contributed by atoms with E-state index in [0.29, 0.717) is 18.4 Å². The fraction of sp³-hybridized carbons (Fsp3) is 1.00. The summed E-state index contributed by atoms with van der Waals surface area (Å²) in [7, 11) is -4.82. The Bertz CT molecular complexity index is 269. The van der Waals surface area contributed by atoms with E-state index in [0.717, 1.165) is 12.5 Å². The van der Waals surface area contributed by atoms with Gasteiger partial charge in [-0.2, -0.15) is 0 Å². The topological polar surface area (TPSA) is 68.3 Å². The van der Waals surface area contributed by atoms with Crippen molar-refractivity contribution in [2.24, 2.45) is 0 Å². The molecule has 0 saturated heterocycles. The van der Waals surface area contributed by atoms with Crippen molar-refractivity contribution in [1.29, 1.82) is 0 Å². The molecule has 0 aliphatic heterocycles. The standard InChI is InChI=1S/C2H6O4S4Se/c1-9(3,4)7-11-8-10(2,5)6/h1-2H3. The van der Waals surface area contributed by atoms with Crippen LogP contribution in [0.15, 0.2) is 0 Å². The molecule has 0 aliphatic rings. The molecule has 4 nitrogen and oxygen atoms in total.